The van der Waals surface area contributed by atoms with Gasteiger partial charge in [-0.2, -0.15) is 0 Å². The molecular weight excluding hydrogens is 324 g/mol. The highest BCUT2D eigenvalue weighted by molar-refractivity contribution is 6.30. The first-order valence-electron chi connectivity index (χ1n) is 8.66. The number of hydrogen-bond acceptors (Lipinski definition) is 3. The molecule has 0 aliphatic carbocycles. The van der Waals surface area contributed by atoms with Crippen molar-refractivity contribution >= 4 is 28.1 Å². The number of amidine groups is 1. The number of hydrogen-bond donors (Lipinski definition) is 2. The monoisotopic (exact) mass is 346 g/mol. The van der Waals surface area contributed by atoms with Crippen LogP contribution in [0.15, 0.2) is 42.2 Å². The van der Waals surface area contributed by atoms with Crippen molar-refractivity contribution in [2.75, 3.05) is 11.4 Å². The number of anilines is 1. The van der Waals surface area contributed by atoms with Crippen molar-refractivity contribution < 1.29 is 5.11 Å². The van der Waals surface area contributed by atoms with Gasteiger partial charge in [0.05, 0.1) is 23.2 Å². The number of nitrogens with one attached hydrogen (secondary N) is 1. The number of rotatable bonds is 2. The van der Waals surface area contributed by atoms with Gasteiger partial charge < -0.3 is 14.6 Å². The Morgan fingerprint density at radius 3 is 2.65 bits per heavy atom. The van der Waals surface area contributed by atoms with Gasteiger partial charge in [0.15, 0.2) is 0 Å². The minimum atomic E-state index is 0.186. The number of aliphatic hydroxyl groups is 1. The van der Waals surface area contributed by atoms with Gasteiger partial charge in [-0.3, -0.25) is 5.41 Å². The van der Waals surface area contributed by atoms with Gasteiger partial charge in [-0.1, -0.05) is 18.2 Å². The largest absolute Gasteiger partial charge is 0.509 e. The summed E-state index contributed by atoms with van der Waals surface area (Å²) >= 11 is 0. The molecule has 132 valence electrons. The van der Waals surface area contributed by atoms with Crippen LogP contribution in [0.2, 0.25) is 0 Å². The average molecular weight is 346 g/mol. The first-order valence-corrected chi connectivity index (χ1v) is 8.66. The molecule has 4 rings (SSSR count). The molecule has 0 fully saturated rings. The summed E-state index contributed by atoms with van der Waals surface area (Å²) in [6.07, 6.45) is 0. The molecule has 2 heterocycles. The molecule has 0 amide bonds. The summed E-state index contributed by atoms with van der Waals surface area (Å²) in [6, 6.07) is 12.1. The molecule has 1 aromatic heterocycles. The molecule has 1 aliphatic rings. The SMILES string of the molecule is Cc1ccc2c(c1)nc(C1=C(O)CN(c3cccc(C)c3C)C1=N)n2C. The molecule has 5 nitrogen and oxygen atoms in total. The Balaban J connectivity index is 1.81. The first kappa shape index (κ1) is 16.4. The lowest BCUT2D eigenvalue weighted by molar-refractivity contribution is 0.411. The molecule has 3 aromatic rings. The molecule has 0 atom stereocenters. The Kier molecular flexibility index (Phi) is 3.61. The van der Waals surface area contributed by atoms with Gasteiger partial charge in [0.2, 0.25) is 0 Å². The van der Waals surface area contributed by atoms with Crippen LogP contribution in [0.5, 0.6) is 0 Å². The van der Waals surface area contributed by atoms with Crippen LogP contribution in [0.4, 0.5) is 5.69 Å². The number of aryl methyl sites for hydroxylation is 3. The Morgan fingerprint density at radius 2 is 1.88 bits per heavy atom. The predicted molar refractivity (Wildman–Crippen MR) is 106 cm³/mol. The molecule has 2 aromatic carbocycles. The molecule has 0 saturated carbocycles. The maximum absolute atomic E-state index is 10.7. The Bertz CT molecular complexity index is 1090. The van der Waals surface area contributed by atoms with E-state index < -0.39 is 0 Å². The second-order valence-electron chi connectivity index (χ2n) is 6.96. The number of nitrogens with zero attached hydrogens (tertiary/aromatic N) is 3. The highest BCUT2D eigenvalue weighted by Gasteiger charge is 2.33. The quantitative estimate of drug-likeness (QED) is 0.728. The van der Waals surface area contributed by atoms with Gasteiger partial charge in [-0.15, -0.1) is 0 Å². The van der Waals surface area contributed by atoms with E-state index >= 15 is 0 Å². The van der Waals surface area contributed by atoms with Crippen molar-refractivity contribution in [1.29, 1.82) is 5.41 Å². The lowest BCUT2D eigenvalue weighted by atomic mass is 10.1. The summed E-state index contributed by atoms with van der Waals surface area (Å²) in [5, 5.41) is 19.4. The van der Waals surface area contributed by atoms with Crippen LogP contribution in [0, 0.1) is 26.2 Å². The molecule has 0 saturated heterocycles. The van der Waals surface area contributed by atoms with Gasteiger partial charge in [-0.05, 0) is 55.7 Å². The fourth-order valence-electron chi connectivity index (χ4n) is 3.58. The highest BCUT2D eigenvalue weighted by Crippen LogP contribution is 2.34. The fraction of sp³-hybridized carbons (Fsp3) is 0.238. The zero-order valence-corrected chi connectivity index (χ0v) is 15.5. The van der Waals surface area contributed by atoms with E-state index in [1.165, 1.54) is 5.56 Å². The minimum absolute atomic E-state index is 0.186. The van der Waals surface area contributed by atoms with Crippen molar-refractivity contribution in [1.82, 2.24) is 9.55 Å². The number of aromatic nitrogens is 2. The second-order valence-corrected chi connectivity index (χ2v) is 6.96. The summed E-state index contributed by atoms with van der Waals surface area (Å²) in [7, 11) is 1.92. The van der Waals surface area contributed by atoms with Crippen LogP contribution in [-0.4, -0.2) is 27.0 Å². The van der Waals surface area contributed by atoms with Gasteiger partial charge >= 0.3 is 0 Å². The zero-order chi connectivity index (χ0) is 18.6. The van der Waals surface area contributed by atoms with Crippen molar-refractivity contribution in [2.24, 2.45) is 7.05 Å². The van der Waals surface area contributed by atoms with Crippen LogP contribution in [0.25, 0.3) is 16.6 Å². The van der Waals surface area contributed by atoms with E-state index in [2.05, 4.69) is 13.0 Å². The van der Waals surface area contributed by atoms with Crippen molar-refractivity contribution in [3.63, 3.8) is 0 Å². The summed E-state index contributed by atoms with van der Waals surface area (Å²) in [5.74, 6) is 1.10. The van der Waals surface area contributed by atoms with Gasteiger partial charge in [0, 0.05) is 12.7 Å². The summed E-state index contributed by atoms with van der Waals surface area (Å²) in [5.41, 5.74) is 6.74. The third-order valence-electron chi connectivity index (χ3n) is 5.23. The van der Waals surface area contributed by atoms with Gasteiger partial charge in [0.1, 0.15) is 17.4 Å². The van der Waals surface area contributed by atoms with E-state index in [-0.39, 0.29) is 11.6 Å². The van der Waals surface area contributed by atoms with Gasteiger partial charge in [0.25, 0.3) is 0 Å². The standard InChI is InChI=1S/C21H22N4O/c1-12-8-9-17-15(10-12)23-21(24(17)4)19-18(26)11-25(20(19)22)16-7-5-6-13(2)14(16)3/h5-10,22,26H,11H2,1-4H3. The molecule has 26 heavy (non-hydrogen) atoms. The molecule has 0 bridgehead atoms. The third kappa shape index (κ3) is 2.31. The lowest BCUT2D eigenvalue weighted by Crippen LogP contribution is -2.27. The second kappa shape index (κ2) is 5.73. The van der Waals surface area contributed by atoms with Crippen LogP contribution >= 0.6 is 0 Å². The first-order chi connectivity index (χ1) is 12.4. The van der Waals surface area contributed by atoms with Crippen LogP contribution in [0.1, 0.15) is 22.5 Å². The number of aliphatic hydroxyl groups excluding tert-OH is 1. The van der Waals surface area contributed by atoms with E-state index in [0.29, 0.717) is 17.9 Å². The molecule has 2 N–H and O–H groups in total. The van der Waals surface area contributed by atoms with Crippen molar-refractivity contribution in [3.8, 4) is 0 Å². The van der Waals surface area contributed by atoms with E-state index in [9.17, 15) is 5.11 Å². The van der Waals surface area contributed by atoms with Crippen molar-refractivity contribution in [3.05, 3.63) is 64.7 Å². The lowest BCUT2D eigenvalue weighted by Gasteiger charge is -2.22. The number of fused-ring (bicyclic) bond motifs is 1. The van der Waals surface area contributed by atoms with E-state index in [1.54, 1.807) is 0 Å². The summed E-state index contributed by atoms with van der Waals surface area (Å²) < 4.78 is 1.95. The maximum Gasteiger partial charge on any atom is 0.148 e. The Labute approximate surface area is 152 Å². The maximum atomic E-state index is 10.7. The average Bonchev–Trinajstić information content (AvgIpc) is 3.06. The topological polar surface area (TPSA) is 65.1 Å². The number of benzene rings is 2. The molecular formula is C21H22N4O. The fourth-order valence-corrected chi connectivity index (χ4v) is 3.58. The third-order valence-corrected chi connectivity index (χ3v) is 5.23. The Morgan fingerprint density at radius 1 is 1.12 bits per heavy atom. The van der Waals surface area contributed by atoms with Crippen LogP contribution in [0.3, 0.4) is 0 Å². The van der Waals surface area contributed by atoms with E-state index in [1.807, 2.05) is 60.7 Å². The molecule has 0 unspecified atom stereocenters. The van der Waals surface area contributed by atoms with E-state index in [0.717, 1.165) is 27.8 Å². The molecule has 1 aliphatic heterocycles. The highest BCUT2D eigenvalue weighted by atomic mass is 16.3. The zero-order valence-electron chi connectivity index (χ0n) is 15.5. The Hall–Kier alpha value is -3.08. The minimum Gasteiger partial charge on any atom is -0.509 e. The molecule has 5 heteroatoms. The smallest absolute Gasteiger partial charge is 0.148 e. The molecule has 0 spiro atoms. The van der Waals surface area contributed by atoms with E-state index in [4.69, 9.17) is 10.4 Å². The molecule has 0 radical (unpaired) electrons. The van der Waals surface area contributed by atoms with Crippen LogP contribution < -0.4 is 4.90 Å². The number of imidazole rings is 1. The van der Waals surface area contributed by atoms with Crippen molar-refractivity contribution in [2.45, 2.75) is 20.8 Å². The predicted octanol–water partition coefficient (Wildman–Crippen LogP) is 4.27. The van der Waals surface area contributed by atoms with Crippen LogP contribution in [-0.2, 0) is 7.05 Å². The summed E-state index contributed by atoms with van der Waals surface area (Å²) in [6.45, 7) is 6.43. The van der Waals surface area contributed by atoms with Gasteiger partial charge in [-0.25, -0.2) is 4.98 Å². The normalized spacial score (nSPS) is 14.8. The summed E-state index contributed by atoms with van der Waals surface area (Å²) in [4.78, 5) is 6.55.